The number of aromatic carboxylic acids is 1. The zero-order chi connectivity index (χ0) is 27.2. The van der Waals surface area contributed by atoms with Gasteiger partial charge in [-0.3, -0.25) is 9.69 Å². The summed E-state index contributed by atoms with van der Waals surface area (Å²) in [6.07, 6.45) is 1.78. The fourth-order valence-electron chi connectivity index (χ4n) is 3.57. The van der Waals surface area contributed by atoms with Crippen molar-refractivity contribution < 1.29 is 24.2 Å². The van der Waals surface area contributed by atoms with Crippen LogP contribution in [0, 0.1) is 14.9 Å². The zero-order valence-electron chi connectivity index (χ0n) is 20.5. The Morgan fingerprint density at radius 1 is 1.18 bits per heavy atom. The number of amides is 1. The van der Waals surface area contributed by atoms with E-state index in [1.54, 1.807) is 31.3 Å². The largest absolute Gasteiger partial charge is 0.490 e. The Balaban J connectivity index is 1.58. The molecule has 0 bridgehead atoms. The topological polar surface area (TPSA) is 112 Å². The van der Waals surface area contributed by atoms with Gasteiger partial charge in [-0.05, 0) is 95.4 Å². The van der Waals surface area contributed by atoms with Crippen molar-refractivity contribution in [2.75, 3.05) is 13.7 Å². The smallest absolute Gasteiger partial charge is 0.335 e. The second-order valence-electron chi connectivity index (χ2n) is 8.04. The predicted octanol–water partition coefficient (Wildman–Crippen LogP) is 6.07. The number of carboxylic acids is 1. The number of nitrogens with zero attached hydrogens (tertiary/aromatic N) is 3. The number of amidine groups is 1. The number of hydrogen-bond acceptors (Lipinski definition) is 7. The summed E-state index contributed by atoms with van der Waals surface area (Å²) in [6.45, 7) is 2.52. The van der Waals surface area contributed by atoms with Crippen molar-refractivity contribution in [2.45, 2.75) is 13.5 Å². The SMILES string of the molecule is CCOc1cc(/C=C2\SC(=Nc3ccc(C(=O)O)cc3)N(C)C2=O)cc(I)c1OCc1ccccc1C#N. The van der Waals surface area contributed by atoms with Crippen molar-refractivity contribution in [1.29, 1.82) is 5.26 Å². The van der Waals surface area contributed by atoms with Gasteiger partial charge in [0.15, 0.2) is 16.7 Å². The maximum atomic E-state index is 12.9. The second-order valence-corrected chi connectivity index (χ2v) is 10.2. The first kappa shape index (κ1) is 27.2. The quantitative estimate of drug-likeness (QED) is 0.235. The van der Waals surface area contributed by atoms with Gasteiger partial charge >= 0.3 is 5.97 Å². The Labute approximate surface area is 237 Å². The van der Waals surface area contributed by atoms with E-state index in [0.717, 1.165) is 14.7 Å². The summed E-state index contributed by atoms with van der Waals surface area (Å²) in [4.78, 5) is 30.5. The molecule has 10 heteroatoms. The number of hydrogen-bond donors (Lipinski definition) is 1. The molecule has 3 aromatic carbocycles. The molecule has 1 aliphatic heterocycles. The lowest BCUT2D eigenvalue weighted by Crippen LogP contribution is -2.23. The number of thioether (sulfide) groups is 1. The summed E-state index contributed by atoms with van der Waals surface area (Å²) < 4.78 is 12.7. The molecule has 0 spiro atoms. The molecule has 8 nitrogen and oxygen atoms in total. The Kier molecular flexibility index (Phi) is 8.70. The number of benzene rings is 3. The van der Waals surface area contributed by atoms with Crippen LogP contribution in [0.2, 0.25) is 0 Å². The van der Waals surface area contributed by atoms with Gasteiger partial charge in [0.25, 0.3) is 5.91 Å². The van der Waals surface area contributed by atoms with E-state index in [4.69, 9.17) is 14.6 Å². The predicted molar refractivity (Wildman–Crippen MR) is 155 cm³/mol. The molecule has 4 rings (SSSR count). The molecule has 0 aromatic heterocycles. The van der Waals surface area contributed by atoms with Gasteiger partial charge in [-0.1, -0.05) is 18.2 Å². The van der Waals surface area contributed by atoms with Gasteiger partial charge in [0, 0.05) is 12.6 Å². The third kappa shape index (κ3) is 6.17. The van der Waals surface area contributed by atoms with E-state index in [9.17, 15) is 14.9 Å². The molecular weight excluding hydrogens is 617 g/mol. The van der Waals surface area contributed by atoms with Crippen molar-refractivity contribution in [1.82, 2.24) is 4.90 Å². The molecule has 0 atom stereocenters. The number of ether oxygens (including phenoxy) is 2. The van der Waals surface area contributed by atoms with Crippen LogP contribution in [0.25, 0.3) is 6.08 Å². The monoisotopic (exact) mass is 639 g/mol. The van der Waals surface area contributed by atoms with Gasteiger partial charge in [0.2, 0.25) is 0 Å². The molecule has 1 aliphatic rings. The standard InChI is InChI=1S/C28H22IN3O5S/c1-3-36-23-13-17(12-22(29)25(23)37-16-20-7-5-4-6-19(20)15-30)14-24-26(33)32(2)28(38-24)31-21-10-8-18(9-11-21)27(34)35/h4-14H,3,16H2,1-2H3,(H,34,35)/b24-14-,31-28?. The molecule has 0 unspecified atom stereocenters. The first-order valence-corrected chi connectivity index (χ1v) is 13.4. The maximum absolute atomic E-state index is 12.9. The first-order chi connectivity index (χ1) is 18.3. The fraction of sp³-hybridized carbons (Fsp3) is 0.143. The summed E-state index contributed by atoms with van der Waals surface area (Å²) >= 11 is 3.40. The maximum Gasteiger partial charge on any atom is 0.335 e. The lowest BCUT2D eigenvalue weighted by Gasteiger charge is -2.15. The van der Waals surface area contributed by atoms with E-state index in [-0.39, 0.29) is 18.1 Å². The minimum Gasteiger partial charge on any atom is -0.490 e. The highest BCUT2D eigenvalue weighted by atomic mass is 127. The van der Waals surface area contributed by atoms with E-state index in [1.807, 2.05) is 37.3 Å². The summed E-state index contributed by atoms with van der Waals surface area (Å²) in [6, 6.07) is 19.3. The number of nitriles is 1. The summed E-state index contributed by atoms with van der Waals surface area (Å²) in [5, 5.41) is 18.9. The van der Waals surface area contributed by atoms with Crippen molar-refractivity contribution >= 4 is 63.2 Å². The van der Waals surface area contributed by atoms with E-state index in [2.05, 4.69) is 33.7 Å². The highest BCUT2D eigenvalue weighted by Gasteiger charge is 2.30. The van der Waals surface area contributed by atoms with E-state index < -0.39 is 5.97 Å². The van der Waals surface area contributed by atoms with Gasteiger partial charge in [0.1, 0.15) is 6.61 Å². The number of rotatable bonds is 8. The molecule has 1 fully saturated rings. The molecule has 3 aromatic rings. The Bertz CT molecular complexity index is 1500. The van der Waals surface area contributed by atoms with Crippen LogP contribution in [0.15, 0.2) is 70.6 Å². The number of halogens is 1. The van der Waals surface area contributed by atoms with Crippen LogP contribution in [-0.4, -0.2) is 40.7 Å². The number of carbonyl (C=O) groups is 2. The second kappa shape index (κ2) is 12.1. The third-order valence-corrected chi connectivity index (χ3v) is 7.34. The molecule has 0 aliphatic carbocycles. The molecule has 0 saturated carbocycles. The molecule has 1 saturated heterocycles. The van der Waals surface area contributed by atoms with Gasteiger partial charge in [-0.25, -0.2) is 9.79 Å². The van der Waals surface area contributed by atoms with Crippen LogP contribution in [0.3, 0.4) is 0 Å². The van der Waals surface area contributed by atoms with Crippen molar-refractivity contribution in [3.63, 3.8) is 0 Å². The lowest BCUT2D eigenvalue weighted by atomic mass is 10.1. The number of carbonyl (C=O) groups excluding carboxylic acids is 1. The first-order valence-electron chi connectivity index (χ1n) is 11.5. The number of likely N-dealkylation sites (N-methyl/N-ethyl adjacent to an activating group) is 1. The molecule has 192 valence electrons. The number of carboxylic acid groups (broad SMARTS) is 1. The van der Waals surface area contributed by atoms with E-state index in [1.165, 1.54) is 28.8 Å². The zero-order valence-corrected chi connectivity index (χ0v) is 23.4. The summed E-state index contributed by atoms with van der Waals surface area (Å²) in [5.74, 6) is -0.104. The van der Waals surface area contributed by atoms with Crippen LogP contribution in [0.1, 0.15) is 34.0 Å². The van der Waals surface area contributed by atoms with Crippen molar-refractivity contribution in [3.05, 3.63) is 91.4 Å². The summed E-state index contributed by atoms with van der Waals surface area (Å²) in [7, 11) is 1.64. The molecule has 38 heavy (non-hydrogen) atoms. The normalized spacial score (nSPS) is 15.1. The summed E-state index contributed by atoms with van der Waals surface area (Å²) in [5.41, 5.74) is 2.81. The molecule has 1 heterocycles. The highest BCUT2D eigenvalue weighted by molar-refractivity contribution is 14.1. The number of aliphatic imine (C=N–C) groups is 1. The van der Waals surface area contributed by atoms with Crippen LogP contribution in [0.4, 0.5) is 5.69 Å². The van der Waals surface area contributed by atoms with Gasteiger partial charge < -0.3 is 14.6 Å². The Morgan fingerprint density at radius 3 is 2.61 bits per heavy atom. The minimum atomic E-state index is -1.01. The average Bonchev–Trinajstić information content (AvgIpc) is 3.16. The van der Waals surface area contributed by atoms with Gasteiger partial charge in [0.05, 0.1) is 38.0 Å². The van der Waals surface area contributed by atoms with Crippen molar-refractivity contribution in [2.24, 2.45) is 4.99 Å². The van der Waals surface area contributed by atoms with Crippen LogP contribution in [0.5, 0.6) is 11.5 Å². The molecule has 0 radical (unpaired) electrons. The van der Waals surface area contributed by atoms with Crippen molar-refractivity contribution in [3.8, 4) is 17.6 Å². The Morgan fingerprint density at radius 2 is 1.92 bits per heavy atom. The lowest BCUT2D eigenvalue weighted by molar-refractivity contribution is -0.121. The van der Waals surface area contributed by atoms with Crippen LogP contribution >= 0.6 is 34.4 Å². The Hall–Kier alpha value is -3.82. The van der Waals surface area contributed by atoms with Gasteiger partial charge in [-0.15, -0.1) is 0 Å². The van der Waals surface area contributed by atoms with Gasteiger partial charge in [-0.2, -0.15) is 5.26 Å². The third-order valence-electron chi connectivity index (χ3n) is 5.48. The van der Waals surface area contributed by atoms with E-state index in [0.29, 0.717) is 39.4 Å². The minimum absolute atomic E-state index is 0.166. The fourth-order valence-corrected chi connectivity index (χ4v) is 5.34. The highest BCUT2D eigenvalue weighted by Crippen LogP contribution is 2.38. The molecule has 1 amide bonds. The average molecular weight is 639 g/mol. The van der Waals surface area contributed by atoms with Crippen LogP contribution in [-0.2, 0) is 11.4 Å². The van der Waals surface area contributed by atoms with Crippen LogP contribution < -0.4 is 9.47 Å². The van der Waals surface area contributed by atoms with E-state index >= 15 is 0 Å². The molecular formula is C28H22IN3O5S. The molecule has 1 N–H and O–H groups in total.